The van der Waals surface area contributed by atoms with E-state index in [2.05, 4.69) is 20.8 Å². The fourth-order valence-corrected chi connectivity index (χ4v) is 8.75. The summed E-state index contributed by atoms with van der Waals surface area (Å²) in [6.45, 7) is 9.33. The van der Waals surface area contributed by atoms with Crippen LogP contribution in [0.2, 0.25) is 0 Å². The van der Waals surface area contributed by atoms with E-state index in [-0.39, 0.29) is 34.6 Å². The van der Waals surface area contributed by atoms with Crippen molar-refractivity contribution in [1.82, 2.24) is 0 Å². The van der Waals surface area contributed by atoms with Gasteiger partial charge in [-0.1, -0.05) is 20.8 Å². The molecule has 7 unspecified atom stereocenters. The Labute approximate surface area is 188 Å². The summed E-state index contributed by atoms with van der Waals surface area (Å²) in [5, 5.41) is 0. The fraction of sp³-hybridized carbons (Fsp3) is 0.889. The van der Waals surface area contributed by atoms with Crippen molar-refractivity contribution in [2.45, 2.75) is 98.3 Å². The minimum absolute atomic E-state index is 0.0701. The lowest BCUT2D eigenvalue weighted by Gasteiger charge is -2.61. The lowest BCUT2D eigenvalue weighted by Crippen LogP contribution is -2.60. The second-order valence-electron chi connectivity index (χ2n) is 11.5. The lowest BCUT2D eigenvalue weighted by molar-refractivity contribution is -0.169. The largest absolute Gasteiger partial charge is 0.466 e. The molecule has 0 aromatic heterocycles. The summed E-state index contributed by atoms with van der Waals surface area (Å²) in [4.78, 5) is 38.0. The van der Waals surface area contributed by atoms with Gasteiger partial charge in [-0.05, 0) is 92.8 Å². The van der Waals surface area contributed by atoms with Crippen LogP contribution in [0.5, 0.6) is 0 Å². The molecule has 0 bridgehead atoms. The SMILES string of the molecule is CCOC(=O)CCCC1CCC2C3C(=O)[C@@H](CC)C4CC(=O)CCC4(C)C3CCC12C. The predicted molar refractivity (Wildman–Crippen MR) is 120 cm³/mol. The number of hydrogen-bond donors (Lipinski definition) is 0. The minimum atomic E-state index is -0.0787. The molecule has 0 radical (unpaired) electrons. The normalized spacial score (nSPS) is 44.4. The second-order valence-corrected chi connectivity index (χ2v) is 11.5. The van der Waals surface area contributed by atoms with E-state index in [0.29, 0.717) is 55.2 Å². The Kier molecular flexibility index (Phi) is 6.40. The van der Waals surface area contributed by atoms with Crippen molar-refractivity contribution in [1.29, 1.82) is 0 Å². The zero-order chi connectivity index (χ0) is 22.4. The smallest absolute Gasteiger partial charge is 0.305 e. The molecule has 0 heterocycles. The Morgan fingerprint density at radius 3 is 2.45 bits per heavy atom. The van der Waals surface area contributed by atoms with Crippen LogP contribution in [0.1, 0.15) is 98.3 Å². The van der Waals surface area contributed by atoms with Gasteiger partial charge in [0.25, 0.3) is 0 Å². The molecule has 0 spiro atoms. The number of ketones is 2. The van der Waals surface area contributed by atoms with Gasteiger partial charge in [0.2, 0.25) is 0 Å². The highest BCUT2D eigenvalue weighted by atomic mass is 16.5. The Hall–Kier alpha value is -1.19. The zero-order valence-electron chi connectivity index (χ0n) is 20.1. The molecule has 0 aromatic carbocycles. The molecule has 174 valence electrons. The van der Waals surface area contributed by atoms with Gasteiger partial charge in [0, 0.05) is 31.1 Å². The molecule has 4 nitrogen and oxygen atoms in total. The number of rotatable bonds is 6. The summed E-state index contributed by atoms with van der Waals surface area (Å²) >= 11 is 0. The van der Waals surface area contributed by atoms with Crippen LogP contribution in [0.3, 0.4) is 0 Å². The molecule has 4 aliphatic rings. The molecule has 0 aromatic rings. The van der Waals surface area contributed by atoms with Crippen LogP contribution in [-0.2, 0) is 19.1 Å². The van der Waals surface area contributed by atoms with Crippen LogP contribution in [0.4, 0.5) is 0 Å². The first-order valence-electron chi connectivity index (χ1n) is 13.0. The highest BCUT2D eigenvalue weighted by Gasteiger charge is 2.64. The summed E-state index contributed by atoms with van der Waals surface area (Å²) in [6.07, 6.45) is 10.4. The topological polar surface area (TPSA) is 60.4 Å². The van der Waals surface area contributed by atoms with E-state index in [1.807, 2.05) is 6.92 Å². The van der Waals surface area contributed by atoms with E-state index in [4.69, 9.17) is 4.74 Å². The van der Waals surface area contributed by atoms with Crippen LogP contribution in [-0.4, -0.2) is 24.1 Å². The highest BCUT2D eigenvalue weighted by Crippen LogP contribution is 2.68. The van der Waals surface area contributed by atoms with E-state index in [1.54, 1.807) is 0 Å². The Bertz CT molecular complexity index is 729. The van der Waals surface area contributed by atoms with Crippen molar-refractivity contribution in [3.63, 3.8) is 0 Å². The van der Waals surface area contributed by atoms with Crippen LogP contribution < -0.4 is 0 Å². The quantitative estimate of drug-likeness (QED) is 0.502. The minimum Gasteiger partial charge on any atom is -0.466 e. The van der Waals surface area contributed by atoms with Gasteiger partial charge in [-0.25, -0.2) is 0 Å². The maximum absolute atomic E-state index is 13.9. The number of ether oxygens (including phenoxy) is 1. The third-order valence-corrected chi connectivity index (χ3v) is 10.4. The molecule has 4 rings (SSSR count). The van der Waals surface area contributed by atoms with Gasteiger partial charge in [-0.3, -0.25) is 14.4 Å². The molecule has 4 heteroatoms. The van der Waals surface area contributed by atoms with Crippen LogP contribution in [0, 0.1) is 46.3 Å². The number of carbonyl (C=O) groups is 3. The van der Waals surface area contributed by atoms with Gasteiger partial charge in [-0.15, -0.1) is 0 Å². The number of carbonyl (C=O) groups excluding carboxylic acids is 3. The first-order chi connectivity index (χ1) is 14.8. The molecule has 31 heavy (non-hydrogen) atoms. The standard InChI is InChI=1S/C27H42O4/c1-5-19-22-16-18(28)12-14-27(22,4)21-13-15-26(3)17(8-7-9-23(29)31-6-2)10-11-20(26)24(21)25(19)30/h17,19-22,24H,5-16H2,1-4H3/t17?,19-,20?,21?,22?,24?,26?,27?/m0/s1. The second kappa shape index (κ2) is 8.63. The third-order valence-electron chi connectivity index (χ3n) is 10.4. The van der Waals surface area contributed by atoms with E-state index >= 15 is 0 Å². The van der Waals surface area contributed by atoms with Gasteiger partial charge < -0.3 is 4.74 Å². The van der Waals surface area contributed by atoms with Crippen molar-refractivity contribution in [3.8, 4) is 0 Å². The van der Waals surface area contributed by atoms with Crippen LogP contribution >= 0.6 is 0 Å². The molecule has 8 atom stereocenters. The van der Waals surface area contributed by atoms with Crippen molar-refractivity contribution in [2.75, 3.05) is 6.61 Å². The summed E-state index contributed by atoms with van der Waals surface area (Å²) in [6, 6.07) is 0. The third kappa shape index (κ3) is 3.70. The molecule has 0 amide bonds. The Morgan fingerprint density at radius 1 is 1.00 bits per heavy atom. The van der Waals surface area contributed by atoms with Gasteiger partial charge in [0.05, 0.1) is 6.61 Å². The summed E-state index contributed by atoms with van der Waals surface area (Å²) < 4.78 is 5.11. The maximum Gasteiger partial charge on any atom is 0.305 e. The van der Waals surface area contributed by atoms with Crippen molar-refractivity contribution in [3.05, 3.63) is 0 Å². The summed E-state index contributed by atoms with van der Waals surface area (Å²) in [5.74, 6) is 2.85. The number of Topliss-reactive ketones (excluding diaryl/α,β-unsaturated/α-hetero) is 2. The average molecular weight is 431 g/mol. The van der Waals surface area contributed by atoms with E-state index < -0.39 is 0 Å². The number of hydrogen-bond acceptors (Lipinski definition) is 4. The molecular weight excluding hydrogens is 388 g/mol. The Balaban J connectivity index is 1.53. The first kappa shape index (κ1) is 23.0. The monoisotopic (exact) mass is 430 g/mol. The molecule has 4 saturated carbocycles. The first-order valence-corrected chi connectivity index (χ1v) is 13.0. The average Bonchev–Trinajstić information content (AvgIpc) is 3.06. The van der Waals surface area contributed by atoms with Gasteiger partial charge >= 0.3 is 5.97 Å². The molecule has 0 saturated heterocycles. The highest BCUT2D eigenvalue weighted by molar-refractivity contribution is 5.88. The van der Waals surface area contributed by atoms with Crippen molar-refractivity contribution >= 4 is 17.5 Å². The van der Waals surface area contributed by atoms with Crippen LogP contribution in [0.25, 0.3) is 0 Å². The maximum atomic E-state index is 13.9. The summed E-state index contributed by atoms with van der Waals surface area (Å²) in [5.41, 5.74) is 0.369. The van der Waals surface area contributed by atoms with Crippen molar-refractivity contribution < 1.29 is 19.1 Å². The van der Waals surface area contributed by atoms with Gasteiger partial charge in [-0.2, -0.15) is 0 Å². The van der Waals surface area contributed by atoms with E-state index in [9.17, 15) is 14.4 Å². The van der Waals surface area contributed by atoms with E-state index in [0.717, 1.165) is 38.5 Å². The molecule has 0 aliphatic heterocycles. The van der Waals surface area contributed by atoms with Gasteiger partial charge in [0.1, 0.15) is 11.6 Å². The molecule has 0 N–H and O–H groups in total. The molecular formula is C27H42O4. The predicted octanol–water partition coefficient (Wildman–Crippen LogP) is 5.76. The molecule has 4 aliphatic carbocycles. The Morgan fingerprint density at radius 2 is 1.74 bits per heavy atom. The summed E-state index contributed by atoms with van der Waals surface area (Å²) in [7, 11) is 0. The van der Waals surface area contributed by atoms with Gasteiger partial charge in [0.15, 0.2) is 0 Å². The fourth-order valence-electron chi connectivity index (χ4n) is 8.75. The zero-order valence-corrected chi connectivity index (χ0v) is 20.1. The van der Waals surface area contributed by atoms with Crippen molar-refractivity contribution in [2.24, 2.45) is 46.3 Å². The van der Waals surface area contributed by atoms with Crippen LogP contribution in [0.15, 0.2) is 0 Å². The molecule has 4 fully saturated rings. The van der Waals surface area contributed by atoms with E-state index in [1.165, 1.54) is 12.8 Å². The number of fused-ring (bicyclic) bond motifs is 5. The number of esters is 1. The lowest BCUT2D eigenvalue weighted by atomic mass is 9.42.